The van der Waals surface area contributed by atoms with Crippen molar-refractivity contribution in [2.45, 2.75) is 13.5 Å². The maximum atomic E-state index is 11.3. The number of para-hydroxylation sites is 1. The van der Waals surface area contributed by atoms with Crippen molar-refractivity contribution in [3.05, 3.63) is 58.1 Å². The highest BCUT2D eigenvalue weighted by atomic mass is 79.9. The number of hydrogen-bond donors (Lipinski definition) is 1. The number of ketones is 1. The van der Waals surface area contributed by atoms with Crippen LogP contribution in [0, 0.1) is 0 Å². The molecule has 0 aliphatic rings. The van der Waals surface area contributed by atoms with E-state index in [0.29, 0.717) is 27.1 Å². The third-order valence-electron chi connectivity index (χ3n) is 2.69. The fourth-order valence-electron chi connectivity index (χ4n) is 1.71. The average molecular weight is 321 g/mol. The van der Waals surface area contributed by atoms with E-state index >= 15 is 0 Å². The van der Waals surface area contributed by atoms with Crippen LogP contribution < -0.4 is 4.74 Å². The summed E-state index contributed by atoms with van der Waals surface area (Å²) in [5, 5.41) is 9.23. The number of carbonyl (C=O) groups excluding carboxylic acids is 1. The standard InChI is InChI=1S/C15H13BrO3/c1-10(18)13-7-6-12(8-14(13)16)19-15-5-3-2-4-11(15)9-17/h2-8,17H,9H2,1H3. The Labute approximate surface area is 120 Å². The first-order valence-corrected chi connectivity index (χ1v) is 6.58. The van der Waals surface area contributed by atoms with Gasteiger partial charge in [0.1, 0.15) is 11.5 Å². The first-order valence-electron chi connectivity index (χ1n) is 5.79. The molecule has 2 aromatic rings. The molecule has 0 radical (unpaired) electrons. The summed E-state index contributed by atoms with van der Waals surface area (Å²) >= 11 is 3.35. The van der Waals surface area contributed by atoms with E-state index in [1.54, 1.807) is 30.3 Å². The Balaban J connectivity index is 2.29. The Morgan fingerprint density at radius 3 is 2.63 bits per heavy atom. The van der Waals surface area contributed by atoms with Crippen molar-refractivity contribution in [2.24, 2.45) is 0 Å². The number of aliphatic hydroxyl groups excluding tert-OH is 1. The second-order valence-corrected chi connectivity index (χ2v) is 4.92. The van der Waals surface area contributed by atoms with Gasteiger partial charge in [0.25, 0.3) is 0 Å². The van der Waals surface area contributed by atoms with E-state index < -0.39 is 0 Å². The largest absolute Gasteiger partial charge is 0.457 e. The van der Waals surface area contributed by atoms with Gasteiger partial charge in [0, 0.05) is 15.6 Å². The minimum atomic E-state index is -0.0805. The van der Waals surface area contributed by atoms with Gasteiger partial charge in [0.2, 0.25) is 0 Å². The number of carbonyl (C=O) groups is 1. The molecule has 4 heteroatoms. The normalized spacial score (nSPS) is 10.3. The van der Waals surface area contributed by atoms with Gasteiger partial charge < -0.3 is 9.84 Å². The number of benzene rings is 2. The van der Waals surface area contributed by atoms with Crippen molar-refractivity contribution >= 4 is 21.7 Å². The zero-order valence-electron chi connectivity index (χ0n) is 10.4. The van der Waals surface area contributed by atoms with Crippen molar-refractivity contribution in [1.82, 2.24) is 0 Å². The van der Waals surface area contributed by atoms with Gasteiger partial charge in [-0.3, -0.25) is 4.79 Å². The van der Waals surface area contributed by atoms with Gasteiger partial charge in [-0.2, -0.15) is 0 Å². The third-order valence-corrected chi connectivity index (χ3v) is 3.35. The summed E-state index contributed by atoms with van der Waals surface area (Å²) in [5.74, 6) is 1.21. The zero-order valence-corrected chi connectivity index (χ0v) is 12.0. The number of Topliss-reactive ketones (excluding diaryl/α,β-unsaturated/α-hetero) is 1. The molecule has 0 bridgehead atoms. The molecule has 2 rings (SSSR count). The van der Waals surface area contributed by atoms with E-state index in [4.69, 9.17) is 4.74 Å². The monoisotopic (exact) mass is 320 g/mol. The number of hydrogen-bond acceptors (Lipinski definition) is 3. The van der Waals surface area contributed by atoms with Crippen molar-refractivity contribution < 1.29 is 14.6 Å². The second-order valence-electron chi connectivity index (χ2n) is 4.07. The van der Waals surface area contributed by atoms with Crippen LogP contribution in [-0.2, 0) is 6.61 Å². The molecule has 0 aliphatic carbocycles. The minimum Gasteiger partial charge on any atom is -0.457 e. The second kappa shape index (κ2) is 5.99. The molecule has 0 fully saturated rings. The van der Waals surface area contributed by atoms with Crippen molar-refractivity contribution in [3.8, 4) is 11.5 Å². The Hall–Kier alpha value is -1.65. The molecule has 0 aliphatic heterocycles. The molecule has 0 saturated carbocycles. The van der Waals surface area contributed by atoms with Gasteiger partial charge in [-0.05, 0) is 47.1 Å². The maximum absolute atomic E-state index is 11.3. The first kappa shape index (κ1) is 13.8. The van der Waals surface area contributed by atoms with E-state index in [1.807, 2.05) is 12.1 Å². The zero-order chi connectivity index (χ0) is 13.8. The van der Waals surface area contributed by atoms with E-state index in [0.717, 1.165) is 0 Å². The van der Waals surface area contributed by atoms with Gasteiger partial charge in [-0.1, -0.05) is 18.2 Å². The van der Waals surface area contributed by atoms with E-state index in [1.165, 1.54) is 6.92 Å². The molecule has 0 spiro atoms. The average Bonchev–Trinajstić information content (AvgIpc) is 2.39. The lowest BCUT2D eigenvalue weighted by Crippen LogP contribution is -1.95. The van der Waals surface area contributed by atoms with Crippen LogP contribution in [0.1, 0.15) is 22.8 Å². The lowest BCUT2D eigenvalue weighted by atomic mass is 10.1. The summed E-state index contributed by atoms with van der Waals surface area (Å²) in [4.78, 5) is 11.3. The Bertz CT molecular complexity index is 608. The molecule has 0 saturated heterocycles. The van der Waals surface area contributed by atoms with Gasteiger partial charge in [-0.15, -0.1) is 0 Å². The van der Waals surface area contributed by atoms with Crippen LogP contribution in [0.2, 0.25) is 0 Å². The summed E-state index contributed by atoms with van der Waals surface area (Å²) in [7, 11) is 0. The fraction of sp³-hybridized carbons (Fsp3) is 0.133. The third kappa shape index (κ3) is 3.22. The topological polar surface area (TPSA) is 46.5 Å². The van der Waals surface area contributed by atoms with Crippen molar-refractivity contribution in [3.63, 3.8) is 0 Å². The molecule has 0 amide bonds. The summed E-state index contributed by atoms with van der Waals surface area (Å²) in [6, 6.07) is 12.5. The summed E-state index contributed by atoms with van der Waals surface area (Å²) in [6.45, 7) is 1.44. The Morgan fingerprint density at radius 2 is 2.00 bits per heavy atom. The maximum Gasteiger partial charge on any atom is 0.160 e. The van der Waals surface area contributed by atoms with Crippen LogP contribution in [0.15, 0.2) is 46.9 Å². The molecule has 19 heavy (non-hydrogen) atoms. The molecular weight excluding hydrogens is 308 g/mol. The van der Waals surface area contributed by atoms with Gasteiger partial charge in [0.15, 0.2) is 5.78 Å². The number of ether oxygens (including phenoxy) is 1. The highest BCUT2D eigenvalue weighted by Crippen LogP contribution is 2.29. The Kier molecular flexibility index (Phi) is 4.35. The van der Waals surface area contributed by atoms with E-state index in [9.17, 15) is 9.90 Å². The van der Waals surface area contributed by atoms with Gasteiger partial charge >= 0.3 is 0 Å². The molecule has 0 heterocycles. The predicted octanol–water partition coefficient (Wildman–Crippen LogP) is 3.94. The molecule has 3 nitrogen and oxygen atoms in total. The Morgan fingerprint density at radius 1 is 1.26 bits per heavy atom. The summed E-state index contributed by atoms with van der Waals surface area (Å²) in [6.07, 6.45) is 0. The predicted molar refractivity (Wildman–Crippen MR) is 76.6 cm³/mol. The van der Waals surface area contributed by atoms with Crippen molar-refractivity contribution in [2.75, 3.05) is 0 Å². The van der Waals surface area contributed by atoms with E-state index in [2.05, 4.69) is 15.9 Å². The van der Waals surface area contributed by atoms with E-state index in [-0.39, 0.29) is 12.4 Å². The smallest absolute Gasteiger partial charge is 0.160 e. The highest BCUT2D eigenvalue weighted by molar-refractivity contribution is 9.10. The molecule has 98 valence electrons. The first-order chi connectivity index (χ1) is 9.11. The molecule has 0 atom stereocenters. The highest BCUT2D eigenvalue weighted by Gasteiger charge is 2.08. The lowest BCUT2D eigenvalue weighted by molar-refractivity contribution is 0.101. The number of halogens is 1. The van der Waals surface area contributed by atoms with Gasteiger partial charge in [-0.25, -0.2) is 0 Å². The van der Waals surface area contributed by atoms with Crippen molar-refractivity contribution in [1.29, 1.82) is 0 Å². The molecule has 0 aromatic heterocycles. The van der Waals surface area contributed by atoms with Crippen LogP contribution in [0.4, 0.5) is 0 Å². The molecular formula is C15H13BrO3. The SMILES string of the molecule is CC(=O)c1ccc(Oc2ccccc2CO)cc1Br. The van der Waals surface area contributed by atoms with Crippen LogP contribution in [0.3, 0.4) is 0 Å². The van der Waals surface area contributed by atoms with Crippen LogP contribution in [-0.4, -0.2) is 10.9 Å². The van der Waals surface area contributed by atoms with Crippen LogP contribution in [0.5, 0.6) is 11.5 Å². The minimum absolute atomic E-state index is 0.00539. The van der Waals surface area contributed by atoms with Gasteiger partial charge in [0.05, 0.1) is 6.61 Å². The summed E-state index contributed by atoms with van der Waals surface area (Å²) in [5.41, 5.74) is 1.33. The van der Waals surface area contributed by atoms with Crippen LogP contribution in [0.25, 0.3) is 0 Å². The number of aliphatic hydroxyl groups is 1. The molecule has 0 unspecified atom stereocenters. The molecule has 2 aromatic carbocycles. The molecule has 1 N–H and O–H groups in total. The summed E-state index contributed by atoms with van der Waals surface area (Å²) < 4.78 is 6.41. The van der Waals surface area contributed by atoms with Crippen LogP contribution >= 0.6 is 15.9 Å². The lowest BCUT2D eigenvalue weighted by Gasteiger charge is -2.10. The number of rotatable bonds is 4. The quantitative estimate of drug-likeness (QED) is 0.868. The fourth-order valence-corrected chi connectivity index (χ4v) is 2.34.